The lowest BCUT2D eigenvalue weighted by molar-refractivity contribution is -0.144. The predicted molar refractivity (Wildman–Crippen MR) is 97.1 cm³/mol. The SMILES string of the molecule is O=C(O)C(C1NC(C(=O)O)C2(CCOCC2)S1)N1C(=O)c2ccccc2C1=O. The Morgan fingerprint density at radius 3 is 2.21 bits per heavy atom. The lowest BCUT2D eigenvalue weighted by Gasteiger charge is -2.35. The molecule has 3 atom stereocenters. The van der Waals surface area contributed by atoms with E-state index in [2.05, 4.69) is 5.32 Å². The maximum Gasteiger partial charge on any atom is 0.329 e. The average molecular weight is 406 g/mol. The first kappa shape index (κ1) is 18.9. The van der Waals surface area contributed by atoms with Crippen LogP contribution in [0, 0.1) is 0 Å². The first-order valence-electron chi connectivity index (χ1n) is 8.80. The second kappa shape index (κ2) is 6.87. The van der Waals surface area contributed by atoms with E-state index < -0.39 is 46.0 Å². The second-order valence-corrected chi connectivity index (χ2v) is 8.52. The monoisotopic (exact) mass is 406 g/mol. The lowest BCUT2D eigenvalue weighted by Crippen LogP contribution is -2.56. The Morgan fingerprint density at radius 2 is 1.71 bits per heavy atom. The van der Waals surface area contributed by atoms with Crippen molar-refractivity contribution in [2.75, 3.05) is 13.2 Å². The summed E-state index contributed by atoms with van der Waals surface area (Å²) in [4.78, 5) is 50.2. The van der Waals surface area contributed by atoms with E-state index in [-0.39, 0.29) is 11.1 Å². The number of fused-ring (bicyclic) bond motifs is 1. The van der Waals surface area contributed by atoms with Crippen molar-refractivity contribution in [2.45, 2.75) is 35.0 Å². The molecule has 9 nitrogen and oxygen atoms in total. The number of hydrogen-bond acceptors (Lipinski definition) is 7. The van der Waals surface area contributed by atoms with E-state index >= 15 is 0 Å². The molecule has 0 aliphatic carbocycles. The average Bonchev–Trinajstić information content (AvgIpc) is 3.14. The van der Waals surface area contributed by atoms with Gasteiger partial charge in [-0.05, 0) is 25.0 Å². The molecule has 2 saturated heterocycles. The summed E-state index contributed by atoms with van der Waals surface area (Å²) in [5.74, 6) is -3.83. The number of carboxylic acid groups (broad SMARTS) is 2. The van der Waals surface area contributed by atoms with Gasteiger partial charge in [0, 0.05) is 18.0 Å². The Bertz CT molecular complexity index is 832. The first-order valence-corrected chi connectivity index (χ1v) is 9.68. The van der Waals surface area contributed by atoms with Crippen molar-refractivity contribution in [2.24, 2.45) is 0 Å². The van der Waals surface area contributed by atoms with Gasteiger partial charge in [0.1, 0.15) is 6.04 Å². The Kier molecular flexibility index (Phi) is 4.64. The van der Waals surface area contributed by atoms with Gasteiger partial charge in [-0.2, -0.15) is 0 Å². The highest BCUT2D eigenvalue weighted by atomic mass is 32.2. The lowest BCUT2D eigenvalue weighted by atomic mass is 9.90. The van der Waals surface area contributed by atoms with E-state index in [1.54, 1.807) is 12.1 Å². The summed E-state index contributed by atoms with van der Waals surface area (Å²) >= 11 is 1.18. The molecule has 4 rings (SSSR count). The Labute approximate surface area is 164 Å². The quantitative estimate of drug-likeness (QED) is 0.608. The fourth-order valence-electron chi connectivity index (χ4n) is 4.08. The third-order valence-electron chi connectivity index (χ3n) is 5.45. The molecule has 1 spiro atoms. The zero-order chi connectivity index (χ0) is 20.1. The van der Waals surface area contributed by atoms with E-state index in [1.807, 2.05) is 0 Å². The van der Waals surface area contributed by atoms with Crippen LogP contribution < -0.4 is 5.32 Å². The molecule has 3 unspecified atom stereocenters. The van der Waals surface area contributed by atoms with Gasteiger partial charge in [-0.1, -0.05) is 12.1 Å². The van der Waals surface area contributed by atoms with Crippen LogP contribution in [0.25, 0.3) is 0 Å². The van der Waals surface area contributed by atoms with E-state index in [0.29, 0.717) is 26.1 Å². The highest BCUT2D eigenvalue weighted by Crippen LogP contribution is 2.47. The van der Waals surface area contributed by atoms with Crippen LogP contribution in [-0.4, -0.2) is 74.3 Å². The van der Waals surface area contributed by atoms with Crippen LogP contribution in [0.1, 0.15) is 33.6 Å². The molecule has 1 aromatic rings. The number of amides is 2. The fourth-order valence-corrected chi connectivity index (χ4v) is 5.87. The number of carboxylic acids is 2. The Balaban J connectivity index is 1.68. The second-order valence-electron chi connectivity index (χ2n) is 6.96. The number of rotatable bonds is 4. The van der Waals surface area contributed by atoms with Crippen LogP contribution in [0.4, 0.5) is 0 Å². The number of aliphatic carboxylic acids is 2. The van der Waals surface area contributed by atoms with Crippen molar-refractivity contribution in [1.82, 2.24) is 10.2 Å². The molecule has 10 heteroatoms. The maximum atomic E-state index is 12.8. The van der Waals surface area contributed by atoms with E-state index in [0.717, 1.165) is 4.90 Å². The number of carbonyl (C=O) groups excluding carboxylic acids is 2. The summed E-state index contributed by atoms with van der Waals surface area (Å²) in [6.45, 7) is 0.742. The third kappa shape index (κ3) is 2.79. The number of imide groups is 1. The van der Waals surface area contributed by atoms with Gasteiger partial charge in [-0.3, -0.25) is 24.6 Å². The molecular weight excluding hydrogens is 388 g/mol. The first-order chi connectivity index (χ1) is 13.4. The molecule has 3 heterocycles. The molecule has 28 heavy (non-hydrogen) atoms. The standard InChI is InChI=1S/C18H18N2O7S/c21-14-9-3-1-2-4-10(9)15(22)20(14)11(16(23)24)13-19-12(17(25)26)18(28-13)5-7-27-8-6-18/h1-4,11-13,19H,5-8H2,(H,23,24)(H,25,26). The Morgan fingerprint density at radius 1 is 1.14 bits per heavy atom. The summed E-state index contributed by atoms with van der Waals surface area (Å²) in [7, 11) is 0. The van der Waals surface area contributed by atoms with Gasteiger partial charge in [-0.15, -0.1) is 11.8 Å². The molecule has 0 bridgehead atoms. The normalized spacial score (nSPS) is 27.1. The highest BCUT2D eigenvalue weighted by molar-refractivity contribution is 8.01. The molecule has 0 saturated carbocycles. The minimum atomic E-state index is -1.53. The molecule has 1 aromatic carbocycles. The van der Waals surface area contributed by atoms with Crippen LogP contribution >= 0.6 is 11.8 Å². The number of nitrogens with zero attached hydrogens (tertiary/aromatic N) is 1. The maximum absolute atomic E-state index is 12.8. The summed E-state index contributed by atoms with van der Waals surface area (Å²) in [6, 6.07) is 3.63. The van der Waals surface area contributed by atoms with E-state index in [4.69, 9.17) is 4.74 Å². The number of benzene rings is 1. The van der Waals surface area contributed by atoms with Gasteiger partial charge >= 0.3 is 11.9 Å². The van der Waals surface area contributed by atoms with Crippen LogP contribution in [-0.2, 0) is 14.3 Å². The van der Waals surface area contributed by atoms with Gasteiger partial charge in [0.2, 0.25) is 0 Å². The van der Waals surface area contributed by atoms with Crippen molar-refractivity contribution < 1.29 is 34.1 Å². The summed E-state index contributed by atoms with van der Waals surface area (Å²) in [5, 5.41) is 21.4. The van der Waals surface area contributed by atoms with Gasteiger partial charge < -0.3 is 14.9 Å². The smallest absolute Gasteiger partial charge is 0.329 e. The van der Waals surface area contributed by atoms with Gasteiger partial charge in [0.05, 0.1) is 16.5 Å². The largest absolute Gasteiger partial charge is 0.480 e. The molecule has 2 fully saturated rings. The van der Waals surface area contributed by atoms with Gasteiger partial charge in [-0.25, -0.2) is 4.79 Å². The summed E-state index contributed by atoms with van der Waals surface area (Å²) < 4.78 is 4.59. The molecule has 2 amide bonds. The van der Waals surface area contributed by atoms with Gasteiger partial charge in [0.15, 0.2) is 6.04 Å². The molecular formula is C18H18N2O7S. The minimum absolute atomic E-state index is 0.150. The van der Waals surface area contributed by atoms with Crippen molar-refractivity contribution in [1.29, 1.82) is 0 Å². The van der Waals surface area contributed by atoms with Crippen LogP contribution in [0.15, 0.2) is 24.3 Å². The molecule has 0 radical (unpaired) electrons. The van der Waals surface area contributed by atoms with Crippen molar-refractivity contribution in [3.63, 3.8) is 0 Å². The minimum Gasteiger partial charge on any atom is -0.480 e. The molecule has 3 N–H and O–H groups in total. The number of nitrogens with one attached hydrogen (secondary N) is 1. The van der Waals surface area contributed by atoms with Crippen LogP contribution in [0.5, 0.6) is 0 Å². The number of ether oxygens (including phenoxy) is 1. The number of hydrogen-bond donors (Lipinski definition) is 3. The molecule has 3 aliphatic heterocycles. The van der Waals surface area contributed by atoms with Crippen molar-refractivity contribution in [3.05, 3.63) is 35.4 Å². The van der Waals surface area contributed by atoms with Crippen LogP contribution in [0.3, 0.4) is 0 Å². The van der Waals surface area contributed by atoms with E-state index in [9.17, 15) is 29.4 Å². The highest BCUT2D eigenvalue weighted by Gasteiger charge is 2.57. The topological polar surface area (TPSA) is 133 Å². The zero-order valence-electron chi connectivity index (χ0n) is 14.7. The van der Waals surface area contributed by atoms with Gasteiger partial charge in [0.25, 0.3) is 11.8 Å². The molecule has 3 aliphatic rings. The van der Waals surface area contributed by atoms with E-state index in [1.165, 1.54) is 23.9 Å². The van der Waals surface area contributed by atoms with Crippen LogP contribution in [0.2, 0.25) is 0 Å². The predicted octanol–water partition coefficient (Wildman–Crippen LogP) is 0.401. The number of thioether (sulfide) groups is 1. The zero-order valence-corrected chi connectivity index (χ0v) is 15.5. The fraction of sp³-hybridized carbons (Fsp3) is 0.444. The molecule has 148 valence electrons. The number of carbonyl (C=O) groups is 4. The summed E-state index contributed by atoms with van der Waals surface area (Å²) in [5.41, 5.74) is 0.301. The van der Waals surface area contributed by atoms with Crippen molar-refractivity contribution >= 4 is 35.5 Å². The Hall–Kier alpha value is -2.43. The third-order valence-corrected chi connectivity index (χ3v) is 7.21. The summed E-state index contributed by atoms with van der Waals surface area (Å²) in [6.07, 6.45) is 0.874. The molecule has 0 aromatic heterocycles. The van der Waals surface area contributed by atoms with Crippen molar-refractivity contribution in [3.8, 4) is 0 Å².